The lowest BCUT2D eigenvalue weighted by molar-refractivity contribution is 0.354. The molecule has 7 nitrogen and oxygen atoms in total. The van der Waals surface area contributed by atoms with Crippen LogP contribution in [-0.4, -0.2) is 28.8 Å². The number of hydrogen-bond acceptors (Lipinski definition) is 7. The van der Waals surface area contributed by atoms with Crippen LogP contribution in [0.2, 0.25) is 10.0 Å². The summed E-state index contributed by atoms with van der Waals surface area (Å²) in [5.74, 6) is 1.11. The molecule has 4 rings (SSSR count). The van der Waals surface area contributed by atoms with E-state index < -0.39 is 5.56 Å². The van der Waals surface area contributed by atoms with Crippen molar-refractivity contribution in [1.29, 1.82) is 0 Å². The Bertz CT molecular complexity index is 1470. The van der Waals surface area contributed by atoms with Crippen LogP contribution in [0.25, 0.3) is 11.0 Å². The van der Waals surface area contributed by atoms with Crippen LogP contribution in [0.4, 0.5) is 0 Å². The predicted molar refractivity (Wildman–Crippen MR) is 121 cm³/mol. The average Bonchev–Trinajstić information content (AvgIpc) is 3.04. The summed E-state index contributed by atoms with van der Waals surface area (Å²) in [6.07, 6.45) is 1.81. The van der Waals surface area contributed by atoms with E-state index in [9.17, 15) is 9.59 Å². The molecule has 0 atom stereocenters. The first-order valence-electron chi connectivity index (χ1n) is 9.00. The van der Waals surface area contributed by atoms with Gasteiger partial charge in [-0.1, -0.05) is 46.7 Å². The SMILES string of the molecule is COc1ccc(Cc2nn3c(=O)c(=Cc4ccc(Cl)cc4Cl)sc3nc2=O)cc1OC. The van der Waals surface area contributed by atoms with Crippen molar-refractivity contribution in [2.75, 3.05) is 14.2 Å². The number of nitrogens with zero attached hydrogens (tertiary/aromatic N) is 3. The molecule has 2 aromatic heterocycles. The molecule has 0 aliphatic rings. The first-order valence-corrected chi connectivity index (χ1v) is 10.6. The smallest absolute Gasteiger partial charge is 0.296 e. The van der Waals surface area contributed by atoms with Crippen molar-refractivity contribution in [3.63, 3.8) is 0 Å². The van der Waals surface area contributed by atoms with Crippen LogP contribution in [0.1, 0.15) is 16.8 Å². The maximum atomic E-state index is 12.8. The van der Waals surface area contributed by atoms with Crippen molar-refractivity contribution < 1.29 is 9.47 Å². The monoisotopic (exact) mass is 475 g/mol. The van der Waals surface area contributed by atoms with E-state index in [1.165, 1.54) is 7.11 Å². The van der Waals surface area contributed by atoms with Gasteiger partial charge in [0.25, 0.3) is 11.1 Å². The maximum Gasteiger partial charge on any atom is 0.296 e. The van der Waals surface area contributed by atoms with Crippen molar-refractivity contribution in [2.24, 2.45) is 0 Å². The molecule has 4 aromatic rings. The zero-order valence-electron chi connectivity index (χ0n) is 16.4. The third-order valence-corrected chi connectivity index (χ3v) is 6.04. The summed E-state index contributed by atoms with van der Waals surface area (Å²) >= 11 is 13.2. The van der Waals surface area contributed by atoms with Gasteiger partial charge in [0.2, 0.25) is 4.96 Å². The lowest BCUT2D eigenvalue weighted by Gasteiger charge is -2.09. The highest BCUT2D eigenvalue weighted by atomic mass is 35.5. The highest BCUT2D eigenvalue weighted by Gasteiger charge is 2.13. The van der Waals surface area contributed by atoms with Gasteiger partial charge >= 0.3 is 0 Å². The number of methoxy groups -OCH3 is 2. The molecule has 0 unspecified atom stereocenters. The van der Waals surface area contributed by atoms with Crippen LogP contribution in [0.3, 0.4) is 0 Å². The van der Waals surface area contributed by atoms with Gasteiger partial charge in [0.15, 0.2) is 11.5 Å². The van der Waals surface area contributed by atoms with E-state index in [1.807, 2.05) is 0 Å². The van der Waals surface area contributed by atoms with Crippen molar-refractivity contribution in [3.8, 4) is 11.5 Å². The molecule has 0 fully saturated rings. The molecule has 0 spiro atoms. The lowest BCUT2D eigenvalue weighted by Crippen LogP contribution is -2.28. The fourth-order valence-electron chi connectivity index (χ4n) is 3.00. The maximum absolute atomic E-state index is 12.8. The van der Waals surface area contributed by atoms with Crippen LogP contribution in [0.15, 0.2) is 46.0 Å². The van der Waals surface area contributed by atoms with E-state index in [1.54, 1.807) is 49.6 Å². The Labute approximate surface area is 190 Å². The van der Waals surface area contributed by atoms with Gasteiger partial charge in [0, 0.05) is 16.5 Å². The second-order valence-electron chi connectivity index (χ2n) is 6.51. The molecule has 0 bridgehead atoms. The number of hydrogen-bond donors (Lipinski definition) is 0. The Kier molecular flexibility index (Phi) is 5.95. The molecule has 0 aliphatic heterocycles. The molecule has 158 valence electrons. The molecule has 31 heavy (non-hydrogen) atoms. The van der Waals surface area contributed by atoms with E-state index >= 15 is 0 Å². The van der Waals surface area contributed by atoms with E-state index in [2.05, 4.69) is 10.1 Å². The lowest BCUT2D eigenvalue weighted by atomic mass is 10.1. The number of halogens is 2. The summed E-state index contributed by atoms with van der Waals surface area (Å²) in [6.45, 7) is 0. The largest absolute Gasteiger partial charge is 0.493 e. The second kappa shape index (κ2) is 8.66. The molecule has 10 heteroatoms. The zero-order chi connectivity index (χ0) is 22.1. The van der Waals surface area contributed by atoms with Gasteiger partial charge in [-0.3, -0.25) is 9.59 Å². The molecule has 0 N–H and O–H groups in total. The molecule has 2 aromatic carbocycles. The van der Waals surface area contributed by atoms with Gasteiger partial charge in [-0.15, -0.1) is 0 Å². The number of fused-ring (bicyclic) bond motifs is 1. The van der Waals surface area contributed by atoms with Crippen LogP contribution >= 0.6 is 34.5 Å². The minimum absolute atomic E-state index is 0.149. The van der Waals surface area contributed by atoms with Crippen molar-refractivity contribution >= 4 is 45.6 Å². The molecule has 0 radical (unpaired) electrons. The molecule has 0 saturated heterocycles. The van der Waals surface area contributed by atoms with Gasteiger partial charge in [-0.2, -0.15) is 14.6 Å². The summed E-state index contributed by atoms with van der Waals surface area (Å²) in [4.78, 5) is 29.6. The van der Waals surface area contributed by atoms with Gasteiger partial charge in [0.1, 0.15) is 5.69 Å². The number of rotatable bonds is 5. The topological polar surface area (TPSA) is 82.8 Å². The normalized spacial score (nSPS) is 11.8. The quantitative estimate of drug-likeness (QED) is 0.441. The van der Waals surface area contributed by atoms with Crippen LogP contribution in [0, 0.1) is 0 Å². The van der Waals surface area contributed by atoms with Crippen LogP contribution in [-0.2, 0) is 6.42 Å². The van der Waals surface area contributed by atoms with Gasteiger partial charge in [-0.05, 0) is 41.5 Å². The summed E-state index contributed by atoms with van der Waals surface area (Å²) in [5.41, 5.74) is 0.671. The number of ether oxygens (including phenoxy) is 2. The zero-order valence-corrected chi connectivity index (χ0v) is 18.7. The molecule has 2 heterocycles. The summed E-state index contributed by atoms with van der Waals surface area (Å²) in [7, 11) is 3.07. The first-order chi connectivity index (χ1) is 14.9. The van der Waals surface area contributed by atoms with Crippen molar-refractivity contribution in [3.05, 3.63) is 88.5 Å². The molecule has 0 saturated carbocycles. The number of benzene rings is 2. The Morgan fingerprint density at radius 3 is 2.55 bits per heavy atom. The standard InChI is InChI=1S/C21H15Cl2N3O4S/c1-29-16-6-3-11(8-17(16)30-2)7-15-19(27)24-21-26(25-15)20(28)18(31-21)9-12-4-5-13(22)10-14(12)23/h3-6,8-10H,7H2,1-2H3. The summed E-state index contributed by atoms with van der Waals surface area (Å²) < 4.78 is 12.0. The molecular weight excluding hydrogens is 461 g/mol. The second-order valence-corrected chi connectivity index (χ2v) is 8.36. The first kappa shape index (κ1) is 21.3. The minimum atomic E-state index is -0.493. The van der Waals surface area contributed by atoms with Crippen molar-refractivity contribution in [1.82, 2.24) is 14.6 Å². The average molecular weight is 476 g/mol. The van der Waals surface area contributed by atoms with Crippen LogP contribution < -0.4 is 25.1 Å². The summed E-state index contributed by atoms with van der Waals surface area (Å²) in [6, 6.07) is 10.3. The predicted octanol–water partition coefficient (Wildman–Crippen LogP) is 2.97. The third kappa shape index (κ3) is 4.27. The van der Waals surface area contributed by atoms with E-state index in [0.717, 1.165) is 21.4 Å². The van der Waals surface area contributed by atoms with Gasteiger partial charge < -0.3 is 9.47 Å². The number of thiazole rings is 1. The molecule has 0 amide bonds. The van der Waals surface area contributed by atoms with Gasteiger partial charge in [-0.25, -0.2) is 0 Å². The Balaban J connectivity index is 1.77. The Morgan fingerprint density at radius 2 is 1.84 bits per heavy atom. The summed E-state index contributed by atoms with van der Waals surface area (Å²) in [5, 5.41) is 5.17. The fraction of sp³-hybridized carbons (Fsp3) is 0.143. The van der Waals surface area contributed by atoms with Crippen molar-refractivity contribution in [2.45, 2.75) is 6.42 Å². The Morgan fingerprint density at radius 1 is 1.06 bits per heavy atom. The van der Waals surface area contributed by atoms with E-state index in [0.29, 0.717) is 31.6 Å². The molecule has 0 aliphatic carbocycles. The van der Waals surface area contributed by atoms with Gasteiger partial charge in [0.05, 0.1) is 18.8 Å². The van der Waals surface area contributed by atoms with Crippen LogP contribution in [0.5, 0.6) is 11.5 Å². The highest BCUT2D eigenvalue weighted by molar-refractivity contribution is 7.15. The highest BCUT2D eigenvalue weighted by Crippen LogP contribution is 2.28. The minimum Gasteiger partial charge on any atom is -0.493 e. The fourth-order valence-corrected chi connectivity index (χ4v) is 4.35. The molecular formula is C21H15Cl2N3O4S. The van der Waals surface area contributed by atoms with E-state index in [4.69, 9.17) is 32.7 Å². The Hall–Kier alpha value is -2.94. The number of aromatic nitrogens is 3. The third-order valence-electron chi connectivity index (χ3n) is 4.52. The van der Waals surface area contributed by atoms with E-state index in [-0.39, 0.29) is 22.6 Å².